The van der Waals surface area contributed by atoms with E-state index in [1.165, 1.54) is 16.7 Å². The van der Waals surface area contributed by atoms with Crippen LogP contribution in [0.15, 0.2) is 34.2 Å². The second kappa shape index (κ2) is 9.19. The van der Waals surface area contributed by atoms with Crippen molar-refractivity contribution in [2.45, 2.75) is 51.5 Å². The number of hydrogen-bond donors (Lipinski definition) is 2. The Balaban J connectivity index is 2.39. The molecule has 1 amide bonds. The molecule has 0 saturated carbocycles. The van der Waals surface area contributed by atoms with Crippen LogP contribution in [0.5, 0.6) is 0 Å². The first-order valence-corrected chi connectivity index (χ1v) is 10.0. The highest BCUT2D eigenvalue weighted by molar-refractivity contribution is 7.99. The zero-order chi connectivity index (χ0) is 19.3. The third-order valence-corrected chi connectivity index (χ3v) is 5.52. The Bertz CT molecular complexity index is 809. The summed E-state index contributed by atoms with van der Waals surface area (Å²) in [6, 6.07) is 8.32. The number of hydrogen-bond acceptors (Lipinski definition) is 4. The van der Waals surface area contributed by atoms with Crippen molar-refractivity contribution in [3.05, 3.63) is 34.6 Å². The smallest absolute Gasteiger partial charge is 0.262 e. The number of nitrogens with one attached hydrogen (secondary N) is 2. The van der Waals surface area contributed by atoms with Gasteiger partial charge in [0.25, 0.3) is 5.56 Å². The number of para-hydroxylation sites is 1. The van der Waals surface area contributed by atoms with E-state index in [0.29, 0.717) is 34.7 Å². The SMILES string of the molecule is CNC(=O)CSc1nc2ccccc2c(=O)n1CC[NH+](C(C)C)C(C)C. The molecule has 2 aromatic rings. The molecule has 2 rings (SSSR count). The summed E-state index contributed by atoms with van der Waals surface area (Å²) < 4.78 is 1.72. The van der Waals surface area contributed by atoms with Gasteiger partial charge in [0.05, 0.1) is 41.8 Å². The molecular formula is C19H29N4O2S+. The normalized spacial score (nSPS) is 11.7. The Morgan fingerprint density at radius 2 is 1.88 bits per heavy atom. The van der Waals surface area contributed by atoms with E-state index in [2.05, 4.69) is 38.0 Å². The number of amides is 1. The molecule has 0 unspecified atom stereocenters. The van der Waals surface area contributed by atoms with E-state index in [1.807, 2.05) is 24.3 Å². The van der Waals surface area contributed by atoms with Crippen LogP contribution in [-0.2, 0) is 11.3 Å². The van der Waals surface area contributed by atoms with Crippen molar-refractivity contribution in [2.24, 2.45) is 0 Å². The number of benzene rings is 1. The van der Waals surface area contributed by atoms with Gasteiger partial charge in [-0.15, -0.1) is 0 Å². The molecule has 1 aromatic carbocycles. The van der Waals surface area contributed by atoms with Crippen molar-refractivity contribution in [1.29, 1.82) is 0 Å². The van der Waals surface area contributed by atoms with Crippen LogP contribution in [0.4, 0.5) is 0 Å². The predicted octanol–water partition coefficient (Wildman–Crippen LogP) is 0.936. The van der Waals surface area contributed by atoms with Crippen LogP contribution in [0.25, 0.3) is 10.9 Å². The predicted molar refractivity (Wildman–Crippen MR) is 107 cm³/mol. The van der Waals surface area contributed by atoms with Crippen molar-refractivity contribution in [3.63, 3.8) is 0 Å². The first-order chi connectivity index (χ1) is 12.3. The summed E-state index contributed by atoms with van der Waals surface area (Å²) in [7, 11) is 1.61. The molecule has 6 nitrogen and oxygen atoms in total. The number of quaternary nitrogens is 1. The summed E-state index contributed by atoms with van der Waals surface area (Å²) >= 11 is 1.31. The third kappa shape index (κ3) is 4.86. The zero-order valence-corrected chi connectivity index (χ0v) is 17.0. The van der Waals surface area contributed by atoms with Gasteiger partial charge in [0.1, 0.15) is 0 Å². The summed E-state index contributed by atoms with van der Waals surface area (Å²) in [5.41, 5.74) is 0.631. The van der Waals surface area contributed by atoms with Gasteiger partial charge >= 0.3 is 0 Å². The minimum absolute atomic E-state index is 0.0399. The Kier molecular flexibility index (Phi) is 7.23. The van der Waals surface area contributed by atoms with Gasteiger partial charge in [-0.3, -0.25) is 14.2 Å². The van der Waals surface area contributed by atoms with Crippen LogP contribution in [-0.4, -0.2) is 46.9 Å². The molecule has 0 fully saturated rings. The molecule has 0 radical (unpaired) electrons. The average molecular weight is 378 g/mol. The highest BCUT2D eigenvalue weighted by Gasteiger charge is 2.19. The molecule has 0 aliphatic heterocycles. The summed E-state index contributed by atoms with van der Waals surface area (Å²) in [6.07, 6.45) is 0. The third-order valence-electron chi connectivity index (χ3n) is 4.55. The van der Waals surface area contributed by atoms with Crippen molar-refractivity contribution in [1.82, 2.24) is 14.9 Å². The molecule has 0 atom stereocenters. The Morgan fingerprint density at radius 1 is 1.23 bits per heavy atom. The zero-order valence-electron chi connectivity index (χ0n) is 16.2. The molecule has 0 bridgehead atoms. The molecule has 0 saturated heterocycles. The molecule has 1 aromatic heterocycles. The van der Waals surface area contributed by atoms with Crippen LogP contribution >= 0.6 is 11.8 Å². The standard InChI is InChI=1S/C19H28N4O2S/c1-13(2)22(14(3)4)10-11-23-18(25)15-8-6-7-9-16(15)21-19(23)26-12-17(24)20-5/h6-9,13-14H,10-12H2,1-5H3,(H,20,24)/p+1. The van der Waals surface area contributed by atoms with Crippen LogP contribution in [0.2, 0.25) is 0 Å². The van der Waals surface area contributed by atoms with E-state index in [0.717, 1.165) is 6.54 Å². The van der Waals surface area contributed by atoms with Crippen molar-refractivity contribution in [2.75, 3.05) is 19.3 Å². The molecule has 142 valence electrons. The monoisotopic (exact) mass is 377 g/mol. The highest BCUT2D eigenvalue weighted by atomic mass is 32.2. The van der Waals surface area contributed by atoms with E-state index in [4.69, 9.17) is 0 Å². The summed E-state index contributed by atoms with van der Waals surface area (Å²) in [5.74, 6) is 0.159. The number of carbonyl (C=O) groups is 1. The number of rotatable bonds is 8. The van der Waals surface area contributed by atoms with Gasteiger partial charge in [-0.25, -0.2) is 4.98 Å². The van der Waals surface area contributed by atoms with E-state index in [9.17, 15) is 9.59 Å². The maximum Gasteiger partial charge on any atom is 0.262 e. The van der Waals surface area contributed by atoms with Gasteiger partial charge in [0.15, 0.2) is 5.16 Å². The van der Waals surface area contributed by atoms with Crippen LogP contribution in [0.1, 0.15) is 27.7 Å². The summed E-state index contributed by atoms with van der Waals surface area (Å²) in [5, 5.41) is 3.83. The molecule has 0 spiro atoms. The number of thioether (sulfide) groups is 1. The molecular weight excluding hydrogens is 348 g/mol. The first kappa shape index (κ1) is 20.5. The van der Waals surface area contributed by atoms with Gasteiger partial charge in [-0.2, -0.15) is 0 Å². The lowest BCUT2D eigenvalue weighted by Crippen LogP contribution is -3.18. The van der Waals surface area contributed by atoms with Crippen LogP contribution in [0, 0.1) is 0 Å². The Hall–Kier alpha value is -1.86. The number of carbonyl (C=O) groups excluding carboxylic acids is 1. The molecule has 0 aliphatic carbocycles. The molecule has 7 heteroatoms. The Morgan fingerprint density at radius 3 is 2.50 bits per heavy atom. The van der Waals surface area contributed by atoms with E-state index in [1.54, 1.807) is 11.6 Å². The van der Waals surface area contributed by atoms with E-state index in [-0.39, 0.29) is 17.2 Å². The highest BCUT2D eigenvalue weighted by Crippen LogP contribution is 2.17. The second-order valence-corrected chi connectivity index (χ2v) is 7.91. The van der Waals surface area contributed by atoms with Gasteiger partial charge < -0.3 is 10.2 Å². The first-order valence-electron chi connectivity index (χ1n) is 9.03. The molecule has 1 heterocycles. The second-order valence-electron chi connectivity index (χ2n) is 6.96. The average Bonchev–Trinajstić information content (AvgIpc) is 2.61. The molecule has 26 heavy (non-hydrogen) atoms. The minimum atomic E-state index is -0.0828. The van der Waals surface area contributed by atoms with E-state index >= 15 is 0 Å². The van der Waals surface area contributed by atoms with Crippen LogP contribution in [0.3, 0.4) is 0 Å². The number of nitrogens with zero attached hydrogens (tertiary/aromatic N) is 2. The maximum atomic E-state index is 13.0. The maximum absolute atomic E-state index is 13.0. The van der Waals surface area contributed by atoms with Crippen molar-refractivity contribution < 1.29 is 9.69 Å². The number of aromatic nitrogens is 2. The minimum Gasteiger partial charge on any atom is -0.358 e. The van der Waals surface area contributed by atoms with E-state index < -0.39 is 0 Å². The quantitative estimate of drug-likeness (QED) is 0.531. The topological polar surface area (TPSA) is 68.4 Å². The molecule has 0 aliphatic rings. The van der Waals surface area contributed by atoms with Crippen molar-refractivity contribution in [3.8, 4) is 0 Å². The van der Waals surface area contributed by atoms with Crippen LogP contribution < -0.4 is 15.8 Å². The fraction of sp³-hybridized carbons (Fsp3) is 0.526. The summed E-state index contributed by atoms with van der Waals surface area (Å²) in [4.78, 5) is 30.7. The molecule has 2 N–H and O–H groups in total. The lowest BCUT2D eigenvalue weighted by Gasteiger charge is -2.28. The Labute approximate surface area is 159 Å². The fourth-order valence-corrected chi connectivity index (χ4v) is 4.04. The van der Waals surface area contributed by atoms with Gasteiger partial charge in [0.2, 0.25) is 5.91 Å². The van der Waals surface area contributed by atoms with Crippen molar-refractivity contribution >= 4 is 28.6 Å². The summed E-state index contributed by atoms with van der Waals surface area (Å²) in [6.45, 7) is 10.2. The van der Waals surface area contributed by atoms with Gasteiger partial charge in [-0.05, 0) is 39.8 Å². The number of fused-ring (bicyclic) bond motifs is 1. The van der Waals surface area contributed by atoms with Gasteiger partial charge in [-0.1, -0.05) is 23.9 Å². The lowest BCUT2D eigenvalue weighted by atomic mass is 10.2. The van der Waals surface area contributed by atoms with Gasteiger partial charge in [0, 0.05) is 7.05 Å². The largest absolute Gasteiger partial charge is 0.358 e. The lowest BCUT2D eigenvalue weighted by molar-refractivity contribution is -0.942. The fourth-order valence-electron chi connectivity index (χ4n) is 3.14.